The molecule has 0 aliphatic heterocycles. The van der Waals surface area contributed by atoms with Crippen LogP contribution in [0.1, 0.15) is 25.1 Å². The Bertz CT molecular complexity index is 1040. The third-order valence-corrected chi connectivity index (χ3v) is 4.90. The molecule has 1 atom stereocenters. The maximum absolute atomic E-state index is 13.7. The number of methoxy groups -OCH3 is 1. The van der Waals surface area contributed by atoms with Crippen LogP contribution in [0.15, 0.2) is 54.4 Å². The summed E-state index contributed by atoms with van der Waals surface area (Å²) in [6.45, 7) is 0. The number of imidazole rings is 1. The molecule has 0 bridgehead atoms. The normalized spacial score (nSPS) is 16.8. The SMILES string of the molecule is COc1ccc(F)cc1-c1ccc2[nH]c(/C=C/C3CC=C(F)CC3)nc2c1.Cl. The van der Waals surface area contributed by atoms with Gasteiger partial charge in [-0.2, -0.15) is 0 Å². The van der Waals surface area contributed by atoms with Crippen molar-refractivity contribution in [2.24, 2.45) is 5.92 Å². The van der Waals surface area contributed by atoms with E-state index in [-0.39, 0.29) is 24.1 Å². The number of allylic oxidation sites excluding steroid dienone is 3. The van der Waals surface area contributed by atoms with Crippen molar-refractivity contribution in [3.8, 4) is 16.9 Å². The third-order valence-electron chi connectivity index (χ3n) is 4.90. The lowest BCUT2D eigenvalue weighted by Crippen LogP contribution is -2.00. The molecular formula is C22H21ClF2N2O. The van der Waals surface area contributed by atoms with Crippen LogP contribution in [0.5, 0.6) is 5.75 Å². The van der Waals surface area contributed by atoms with E-state index in [2.05, 4.69) is 16.0 Å². The zero-order chi connectivity index (χ0) is 18.8. The van der Waals surface area contributed by atoms with Gasteiger partial charge in [-0.05, 0) is 67.2 Å². The predicted octanol–water partition coefficient (Wildman–Crippen LogP) is 6.47. The number of nitrogens with zero attached hydrogens (tertiary/aromatic N) is 1. The van der Waals surface area contributed by atoms with E-state index >= 15 is 0 Å². The van der Waals surface area contributed by atoms with Crippen molar-refractivity contribution in [3.63, 3.8) is 0 Å². The average Bonchev–Trinajstić information content (AvgIpc) is 3.09. The van der Waals surface area contributed by atoms with Crippen molar-refractivity contribution in [1.82, 2.24) is 9.97 Å². The van der Waals surface area contributed by atoms with Gasteiger partial charge in [-0.25, -0.2) is 13.8 Å². The summed E-state index contributed by atoms with van der Waals surface area (Å²) < 4.78 is 32.1. The van der Waals surface area contributed by atoms with Crippen molar-refractivity contribution in [2.45, 2.75) is 19.3 Å². The van der Waals surface area contributed by atoms with E-state index in [9.17, 15) is 8.78 Å². The predicted molar refractivity (Wildman–Crippen MR) is 111 cm³/mol. The van der Waals surface area contributed by atoms with Gasteiger partial charge in [-0.3, -0.25) is 0 Å². The molecule has 0 saturated carbocycles. The standard InChI is InChI=1S/C22H20F2N2O.ClH/c1-27-21-10-8-17(24)13-18(21)15-5-9-19-20(12-15)26-22(25-19)11-4-14-2-6-16(23)7-3-14;/h4-6,8-14H,2-3,7H2,1H3,(H,25,26);1H/b11-4+;. The smallest absolute Gasteiger partial charge is 0.130 e. The number of aromatic amines is 1. The van der Waals surface area contributed by atoms with Gasteiger partial charge in [0.1, 0.15) is 17.4 Å². The van der Waals surface area contributed by atoms with Gasteiger partial charge in [0.25, 0.3) is 0 Å². The van der Waals surface area contributed by atoms with Crippen LogP contribution in [0.2, 0.25) is 0 Å². The van der Waals surface area contributed by atoms with Crippen LogP contribution in [0.3, 0.4) is 0 Å². The number of aromatic nitrogens is 2. The number of benzene rings is 2. The number of ether oxygens (including phenoxy) is 1. The molecule has 0 radical (unpaired) electrons. The van der Waals surface area contributed by atoms with Gasteiger partial charge in [0.2, 0.25) is 0 Å². The highest BCUT2D eigenvalue weighted by atomic mass is 35.5. The Balaban J connectivity index is 0.00000225. The van der Waals surface area contributed by atoms with Crippen molar-refractivity contribution >= 4 is 29.5 Å². The largest absolute Gasteiger partial charge is 0.496 e. The van der Waals surface area contributed by atoms with Crippen molar-refractivity contribution in [2.75, 3.05) is 7.11 Å². The van der Waals surface area contributed by atoms with Gasteiger partial charge >= 0.3 is 0 Å². The first-order valence-electron chi connectivity index (χ1n) is 8.99. The Labute approximate surface area is 168 Å². The Kier molecular flexibility index (Phi) is 6.15. The van der Waals surface area contributed by atoms with E-state index in [0.717, 1.165) is 35.3 Å². The summed E-state index contributed by atoms with van der Waals surface area (Å²) in [7, 11) is 1.57. The molecule has 1 aliphatic carbocycles. The zero-order valence-electron chi connectivity index (χ0n) is 15.4. The molecule has 1 aliphatic rings. The maximum atomic E-state index is 13.7. The third kappa shape index (κ3) is 4.25. The molecule has 1 heterocycles. The van der Waals surface area contributed by atoms with Crippen LogP contribution < -0.4 is 4.74 Å². The molecule has 6 heteroatoms. The quantitative estimate of drug-likeness (QED) is 0.543. The second kappa shape index (κ2) is 8.57. The summed E-state index contributed by atoms with van der Waals surface area (Å²) in [6.07, 6.45) is 7.75. The minimum absolute atomic E-state index is 0. The van der Waals surface area contributed by atoms with Gasteiger partial charge in [0, 0.05) is 5.56 Å². The van der Waals surface area contributed by atoms with E-state index in [1.165, 1.54) is 12.1 Å². The van der Waals surface area contributed by atoms with E-state index in [1.54, 1.807) is 19.3 Å². The molecule has 1 aromatic heterocycles. The lowest BCUT2D eigenvalue weighted by molar-refractivity contribution is 0.415. The van der Waals surface area contributed by atoms with E-state index in [0.29, 0.717) is 23.7 Å². The highest BCUT2D eigenvalue weighted by Gasteiger charge is 2.12. The first-order valence-corrected chi connectivity index (χ1v) is 8.99. The van der Waals surface area contributed by atoms with Gasteiger partial charge < -0.3 is 9.72 Å². The van der Waals surface area contributed by atoms with Crippen LogP contribution >= 0.6 is 12.4 Å². The fourth-order valence-electron chi connectivity index (χ4n) is 3.40. The number of nitrogens with one attached hydrogen (secondary N) is 1. The minimum atomic E-state index is -0.311. The number of rotatable bonds is 4. The van der Waals surface area contributed by atoms with Crippen LogP contribution in [-0.4, -0.2) is 17.1 Å². The Morgan fingerprint density at radius 1 is 1.18 bits per heavy atom. The van der Waals surface area contributed by atoms with Gasteiger partial charge in [-0.15, -0.1) is 12.4 Å². The zero-order valence-corrected chi connectivity index (χ0v) is 16.2. The van der Waals surface area contributed by atoms with E-state index in [4.69, 9.17) is 4.74 Å². The van der Waals surface area contributed by atoms with Gasteiger partial charge in [0.05, 0.1) is 24.0 Å². The summed E-state index contributed by atoms with van der Waals surface area (Å²) in [5.41, 5.74) is 3.24. The second-order valence-corrected chi connectivity index (χ2v) is 6.74. The number of halogens is 3. The molecule has 0 fully saturated rings. The summed E-state index contributed by atoms with van der Waals surface area (Å²) >= 11 is 0. The molecule has 1 N–H and O–H groups in total. The Hall–Kier alpha value is -2.66. The van der Waals surface area contributed by atoms with E-state index in [1.807, 2.05) is 24.3 Å². The van der Waals surface area contributed by atoms with Gasteiger partial charge in [-0.1, -0.05) is 18.2 Å². The average molecular weight is 403 g/mol. The molecular weight excluding hydrogens is 382 g/mol. The van der Waals surface area contributed by atoms with Crippen molar-refractivity contribution in [3.05, 3.63) is 66.0 Å². The van der Waals surface area contributed by atoms with Crippen LogP contribution in [0.4, 0.5) is 8.78 Å². The molecule has 4 rings (SSSR count). The van der Waals surface area contributed by atoms with Crippen LogP contribution in [0, 0.1) is 11.7 Å². The molecule has 0 amide bonds. The number of hydrogen-bond donors (Lipinski definition) is 1. The highest BCUT2D eigenvalue weighted by Crippen LogP contribution is 2.32. The minimum Gasteiger partial charge on any atom is -0.496 e. The fraction of sp³-hybridized carbons (Fsp3) is 0.227. The summed E-state index contributed by atoms with van der Waals surface area (Å²) in [4.78, 5) is 7.88. The molecule has 28 heavy (non-hydrogen) atoms. The molecule has 0 saturated heterocycles. The molecule has 3 nitrogen and oxygen atoms in total. The number of H-pyrrole nitrogens is 1. The lowest BCUT2D eigenvalue weighted by atomic mass is 9.93. The summed E-state index contributed by atoms with van der Waals surface area (Å²) in [5.74, 6) is 1.38. The summed E-state index contributed by atoms with van der Waals surface area (Å²) in [6, 6.07) is 10.2. The highest BCUT2D eigenvalue weighted by molar-refractivity contribution is 5.85. The molecule has 1 unspecified atom stereocenters. The number of fused-ring (bicyclic) bond motifs is 1. The van der Waals surface area contributed by atoms with Crippen molar-refractivity contribution in [1.29, 1.82) is 0 Å². The van der Waals surface area contributed by atoms with Gasteiger partial charge in [0.15, 0.2) is 0 Å². The van der Waals surface area contributed by atoms with Crippen molar-refractivity contribution < 1.29 is 13.5 Å². The monoisotopic (exact) mass is 402 g/mol. The second-order valence-electron chi connectivity index (χ2n) is 6.74. The molecule has 3 aromatic rings. The Morgan fingerprint density at radius 3 is 2.79 bits per heavy atom. The lowest BCUT2D eigenvalue weighted by Gasteiger charge is -2.14. The molecule has 146 valence electrons. The van der Waals surface area contributed by atoms with Crippen LogP contribution in [-0.2, 0) is 0 Å². The Morgan fingerprint density at radius 2 is 2.04 bits per heavy atom. The molecule has 2 aromatic carbocycles. The maximum Gasteiger partial charge on any atom is 0.130 e. The summed E-state index contributed by atoms with van der Waals surface area (Å²) in [5, 5.41) is 0. The first-order chi connectivity index (χ1) is 13.1. The topological polar surface area (TPSA) is 37.9 Å². The fourth-order valence-corrected chi connectivity index (χ4v) is 3.40. The van der Waals surface area contributed by atoms with Crippen LogP contribution in [0.25, 0.3) is 28.2 Å². The van der Waals surface area contributed by atoms with E-state index < -0.39 is 0 Å². The molecule has 0 spiro atoms. The number of hydrogen-bond acceptors (Lipinski definition) is 2. The first kappa shape index (κ1) is 20.1.